The molecule has 2 nitrogen and oxygen atoms in total. The van der Waals surface area contributed by atoms with Gasteiger partial charge in [0.05, 0.1) is 10.8 Å². The quantitative estimate of drug-likeness (QED) is 0.736. The van der Waals surface area contributed by atoms with Crippen LogP contribution in [0.4, 0.5) is 0 Å². The number of hydrogen-bond acceptors (Lipinski definition) is 2. The molecule has 2 rings (SSSR count). The Morgan fingerprint density at radius 2 is 2.07 bits per heavy atom. The van der Waals surface area contributed by atoms with Crippen LogP contribution >= 0.6 is 23.2 Å². The average molecular weight is 251 g/mol. The lowest BCUT2D eigenvalue weighted by atomic mass is 9.77. The molecule has 0 spiro atoms. The van der Waals surface area contributed by atoms with E-state index < -0.39 is 0 Å². The molecule has 0 amide bonds. The maximum absolute atomic E-state index is 6.37. The lowest BCUT2D eigenvalue weighted by molar-refractivity contribution is 0.266. The van der Waals surface area contributed by atoms with Gasteiger partial charge in [-0.1, -0.05) is 0 Å². The van der Waals surface area contributed by atoms with Crippen LogP contribution in [-0.4, -0.2) is 29.4 Å². The third kappa shape index (κ3) is 2.14. The third-order valence-corrected chi connectivity index (χ3v) is 5.27. The lowest BCUT2D eigenvalue weighted by Crippen LogP contribution is -2.45. The summed E-state index contributed by atoms with van der Waals surface area (Å²) in [6, 6.07) is 0.932. The molecule has 88 valence electrons. The molecule has 3 N–H and O–H groups in total. The Morgan fingerprint density at radius 1 is 1.33 bits per heavy atom. The number of nitrogens with two attached hydrogens (primary N) is 1. The highest BCUT2D eigenvalue weighted by Gasteiger charge is 2.47. The van der Waals surface area contributed by atoms with E-state index in [0.29, 0.717) is 23.9 Å². The van der Waals surface area contributed by atoms with E-state index in [2.05, 4.69) is 12.2 Å². The van der Waals surface area contributed by atoms with Crippen molar-refractivity contribution in [1.82, 2.24) is 5.32 Å². The summed E-state index contributed by atoms with van der Waals surface area (Å²) in [6.45, 7) is 3.02. The first-order chi connectivity index (χ1) is 7.15. The fourth-order valence-electron chi connectivity index (χ4n) is 3.30. The molecule has 1 aliphatic carbocycles. The Kier molecular flexibility index (Phi) is 3.82. The van der Waals surface area contributed by atoms with Gasteiger partial charge in [0, 0.05) is 12.1 Å². The predicted molar refractivity (Wildman–Crippen MR) is 65.6 cm³/mol. The predicted octanol–water partition coefficient (Wildman–Crippen LogP) is 1.94. The van der Waals surface area contributed by atoms with E-state index in [9.17, 15) is 0 Å². The number of nitrogens with one attached hydrogen (secondary N) is 1. The molecule has 0 aromatic carbocycles. The number of halogens is 2. The molecule has 0 bridgehead atoms. The van der Waals surface area contributed by atoms with Crippen molar-refractivity contribution >= 4 is 23.2 Å². The molecule has 6 atom stereocenters. The van der Waals surface area contributed by atoms with Gasteiger partial charge in [0.1, 0.15) is 0 Å². The monoisotopic (exact) mass is 250 g/mol. The second kappa shape index (κ2) is 4.79. The van der Waals surface area contributed by atoms with Crippen molar-refractivity contribution in [3.05, 3.63) is 0 Å². The maximum atomic E-state index is 6.37. The van der Waals surface area contributed by atoms with E-state index in [1.54, 1.807) is 0 Å². The van der Waals surface area contributed by atoms with Crippen LogP contribution in [-0.2, 0) is 0 Å². The highest BCUT2D eigenvalue weighted by molar-refractivity contribution is 6.30. The molecular weight excluding hydrogens is 231 g/mol. The van der Waals surface area contributed by atoms with Gasteiger partial charge < -0.3 is 11.1 Å². The van der Waals surface area contributed by atoms with Gasteiger partial charge in [0.2, 0.25) is 0 Å². The minimum atomic E-state index is 0.0793. The zero-order chi connectivity index (χ0) is 11.0. The first kappa shape index (κ1) is 12.0. The number of hydrogen-bond donors (Lipinski definition) is 2. The smallest absolute Gasteiger partial charge is 0.0655 e. The Morgan fingerprint density at radius 3 is 2.73 bits per heavy atom. The first-order valence-electron chi connectivity index (χ1n) is 5.89. The number of fused-ring (bicyclic) bond motifs is 1. The third-order valence-electron chi connectivity index (χ3n) is 4.07. The summed E-state index contributed by atoms with van der Waals surface area (Å²) >= 11 is 12.6. The van der Waals surface area contributed by atoms with Crippen molar-refractivity contribution in [3.8, 4) is 0 Å². The first-order valence-corrected chi connectivity index (χ1v) is 6.76. The molecule has 0 aromatic rings. The molecule has 6 unspecified atom stereocenters. The van der Waals surface area contributed by atoms with Crippen LogP contribution in [0.5, 0.6) is 0 Å². The van der Waals surface area contributed by atoms with E-state index in [0.717, 1.165) is 19.4 Å². The Hall–Kier alpha value is 0.500. The largest absolute Gasteiger partial charge is 0.330 e. The van der Waals surface area contributed by atoms with Crippen molar-refractivity contribution in [2.45, 2.75) is 49.0 Å². The van der Waals surface area contributed by atoms with Gasteiger partial charge in [-0.15, -0.1) is 23.2 Å². The molecule has 15 heavy (non-hydrogen) atoms. The number of alkyl halides is 2. The van der Waals surface area contributed by atoms with E-state index in [1.165, 1.54) is 6.42 Å². The summed E-state index contributed by atoms with van der Waals surface area (Å²) < 4.78 is 0. The zero-order valence-electron chi connectivity index (χ0n) is 9.13. The van der Waals surface area contributed by atoms with Crippen molar-refractivity contribution in [1.29, 1.82) is 0 Å². The summed E-state index contributed by atoms with van der Waals surface area (Å²) in [7, 11) is 0. The normalized spacial score (nSPS) is 50.4. The van der Waals surface area contributed by atoms with Crippen LogP contribution in [0.25, 0.3) is 0 Å². The zero-order valence-corrected chi connectivity index (χ0v) is 10.6. The van der Waals surface area contributed by atoms with E-state index in [4.69, 9.17) is 28.9 Å². The molecule has 4 heteroatoms. The number of rotatable bonds is 2. The Bertz CT molecular complexity index is 225. The average Bonchev–Trinajstić information content (AvgIpc) is 2.52. The van der Waals surface area contributed by atoms with Gasteiger partial charge in [0.25, 0.3) is 0 Å². The van der Waals surface area contributed by atoms with Crippen molar-refractivity contribution < 1.29 is 0 Å². The maximum Gasteiger partial charge on any atom is 0.0655 e. The molecule has 0 radical (unpaired) electrons. The van der Waals surface area contributed by atoms with Gasteiger partial charge in [-0.3, -0.25) is 0 Å². The molecule has 1 aliphatic heterocycles. The highest BCUT2D eigenvalue weighted by atomic mass is 35.5. The fraction of sp³-hybridized carbons (Fsp3) is 1.00. The standard InChI is InChI=1S/C11H20Cl2N2/c1-6-7(4-5-14)8-2-3-9(12)10(13)11(8)15-6/h6-11,15H,2-5,14H2,1H3. The summed E-state index contributed by atoms with van der Waals surface area (Å²) in [5.41, 5.74) is 5.67. The van der Waals surface area contributed by atoms with Gasteiger partial charge >= 0.3 is 0 Å². The van der Waals surface area contributed by atoms with Gasteiger partial charge in [-0.25, -0.2) is 0 Å². The second-order valence-corrected chi connectivity index (χ2v) is 5.99. The molecule has 1 saturated carbocycles. The van der Waals surface area contributed by atoms with Crippen LogP contribution < -0.4 is 11.1 Å². The summed E-state index contributed by atoms with van der Waals surface area (Å²) in [5, 5.41) is 3.81. The highest BCUT2D eigenvalue weighted by Crippen LogP contribution is 2.42. The SMILES string of the molecule is CC1NC2C(Cl)C(Cl)CCC2C1CCN. The fourth-order valence-corrected chi connectivity index (χ4v) is 3.97. The van der Waals surface area contributed by atoms with Gasteiger partial charge in [-0.05, 0) is 44.6 Å². The minimum absolute atomic E-state index is 0.0793. The van der Waals surface area contributed by atoms with Gasteiger partial charge in [0.15, 0.2) is 0 Å². The van der Waals surface area contributed by atoms with Crippen LogP contribution in [0, 0.1) is 11.8 Å². The molecule has 0 aromatic heterocycles. The summed E-state index contributed by atoms with van der Waals surface area (Å²) in [5.74, 6) is 1.37. The summed E-state index contributed by atoms with van der Waals surface area (Å²) in [6.07, 6.45) is 3.35. The Balaban J connectivity index is 2.08. The van der Waals surface area contributed by atoms with Crippen molar-refractivity contribution in [2.75, 3.05) is 6.54 Å². The van der Waals surface area contributed by atoms with Crippen LogP contribution in [0.3, 0.4) is 0 Å². The van der Waals surface area contributed by atoms with E-state index in [-0.39, 0.29) is 10.8 Å². The van der Waals surface area contributed by atoms with Crippen LogP contribution in [0.2, 0.25) is 0 Å². The van der Waals surface area contributed by atoms with Crippen molar-refractivity contribution in [2.24, 2.45) is 17.6 Å². The lowest BCUT2D eigenvalue weighted by Gasteiger charge is -2.35. The topological polar surface area (TPSA) is 38.0 Å². The van der Waals surface area contributed by atoms with Gasteiger partial charge in [-0.2, -0.15) is 0 Å². The molecule has 2 fully saturated rings. The molecule has 1 saturated heterocycles. The van der Waals surface area contributed by atoms with Crippen LogP contribution in [0.1, 0.15) is 26.2 Å². The molecule has 1 heterocycles. The summed E-state index contributed by atoms with van der Waals surface area (Å²) in [4.78, 5) is 0. The Labute approximate surface area is 102 Å². The van der Waals surface area contributed by atoms with Crippen LogP contribution in [0.15, 0.2) is 0 Å². The molecular formula is C11H20Cl2N2. The molecule has 2 aliphatic rings. The second-order valence-electron chi connectivity index (χ2n) is 4.92. The van der Waals surface area contributed by atoms with Crippen molar-refractivity contribution in [3.63, 3.8) is 0 Å². The van der Waals surface area contributed by atoms with E-state index >= 15 is 0 Å². The minimum Gasteiger partial charge on any atom is -0.330 e. The van der Waals surface area contributed by atoms with E-state index in [1.807, 2.05) is 0 Å².